The number of allylic oxidation sites excluding steroid dienone is 5. The van der Waals surface area contributed by atoms with E-state index in [1.807, 2.05) is 25.2 Å². The van der Waals surface area contributed by atoms with Gasteiger partial charge in [-0.05, 0) is 68.2 Å². The highest BCUT2D eigenvalue weighted by Gasteiger charge is 2.04. The maximum atomic E-state index is 11.2. The lowest BCUT2D eigenvalue weighted by Gasteiger charge is -2.10. The van der Waals surface area contributed by atoms with E-state index in [1.165, 1.54) is 19.9 Å². The van der Waals surface area contributed by atoms with Crippen LogP contribution in [-0.4, -0.2) is 49.4 Å². The summed E-state index contributed by atoms with van der Waals surface area (Å²) in [5, 5.41) is 9.08. The molecule has 0 saturated heterocycles. The Morgan fingerprint density at radius 3 is 1.68 bits per heavy atom. The first-order valence-corrected chi connectivity index (χ1v) is 10.3. The normalized spacial score (nSPS) is 13.0. The highest BCUT2D eigenvalue weighted by Crippen LogP contribution is 2.15. The Morgan fingerprint density at radius 2 is 1.26 bits per heavy atom. The SMILES string of the molecule is CC(=O)OCC(=CCCC(C=O)=CC=O)CCC=C(CCC=C(C)CO)COC(C)=O. The van der Waals surface area contributed by atoms with Crippen molar-refractivity contribution in [3.05, 3.63) is 46.6 Å². The fourth-order valence-electron chi connectivity index (χ4n) is 2.60. The molecule has 172 valence electrons. The van der Waals surface area contributed by atoms with Crippen LogP contribution in [-0.2, 0) is 28.7 Å². The van der Waals surface area contributed by atoms with Crippen molar-refractivity contribution in [1.29, 1.82) is 0 Å². The monoisotopic (exact) mass is 434 g/mol. The highest BCUT2D eigenvalue weighted by molar-refractivity contribution is 5.81. The summed E-state index contributed by atoms with van der Waals surface area (Å²) in [6, 6.07) is 0. The molecule has 0 rings (SSSR count). The molecule has 0 unspecified atom stereocenters. The van der Waals surface area contributed by atoms with Crippen molar-refractivity contribution in [1.82, 2.24) is 0 Å². The van der Waals surface area contributed by atoms with Gasteiger partial charge in [0.25, 0.3) is 0 Å². The first-order valence-electron chi connectivity index (χ1n) is 10.3. The van der Waals surface area contributed by atoms with Crippen LogP contribution in [0.3, 0.4) is 0 Å². The maximum absolute atomic E-state index is 11.2. The smallest absolute Gasteiger partial charge is 0.302 e. The molecule has 0 heterocycles. The minimum absolute atomic E-state index is 0.0150. The summed E-state index contributed by atoms with van der Waals surface area (Å²) in [4.78, 5) is 43.7. The average Bonchev–Trinajstić information content (AvgIpc) is 2.73. The van der Waals surface area contributed by atoms with Crippen LogP contribution in [0.2, 0.25) is 0 Å². The Kier molecular flexibility index (Phi) is 16.4. The van der Waals surface area contributed by atoms with Gasteiger partial charge in [-0.2, -0.15) is 0 Å². The van der Waals surface area contributed by atoms with E-state index >= 15 is 0 Å². The molecule has 0 bridgehead atoms. The quantitative estimate of drug-likeness (QED) is 0.171. The summed E-state index contributed by atoms with van der Waals surface area (Å²) in [7, 11) is 0. The molecule has 0 aromatic carbocycles. The number of esters is 2. The second-order valence-corrected chi connectivity index (χ2v) is 7.11. The first-order chi connectivity index (χ1) is 14.8. The van der Waals surface area contributed by atoms with Gasteiger partial charge in [-0.1, -0.05) is 23.8 Å². The van der Waals surface area contributed by atoms with Gasteiger partial charge in [-0.15, -0.1) is 0 Å². The molecular formula is C24H34O7. The van der Waals surface area contributed by atoms with E-state index in [-0.39, 0.29) is 31.8 Å². The van der Waals surface area contributed by atoms with Crippen LogP contribution in [0.15, 0.2) is 46.6 Å². The largest absolute Gasteiger partial charge is 0.461 e. The number of hydrogen-bond acceptors (Lipinski definition) is 7. The Morgan fingerprint density at radius 1 is 0.774 bits per heavy atom. The molecule has 7 nitrogen and oxygen atoms in total. The van der Waals surface area contributed by atoms with Gasteiger partial charge in [0, 0.05) is 13.8 Å². The second kappa shape index (κ2) is 18.0. The molecule has 0 aliphatic rings. The Bertz CT molecular complexity index is 711. The Balaban J connectivity index is 5.05. The molecule has 0 fully saturated rings. The first kappa shape index (κ1) is 28.2. The minimum atomic E-state index is -0.377. The van der Waals surface area contributed by atoms with E-state index in [0.717, 1.165) is 23.1 Å². The topological polar surface area (TPSA) is 107 Å². The van der Waals surface area contributed by atoms with E-state index in [0.29, 0.717) is 50.2 Å². The van der Waals surface area contributed by atoms with Gasteiger partial charge in [-0.25, -0.2) is 0 Å². The van der Waals surface area contributed by atoms with Crippen LogP contribution in [0, 0.1) is 0 Å². The van der Waals surface area contributed by atoms with Crippen molar-refractivity contribution in [3.63, 3.8) is 0 Å². The van der Waals surface area contributed by atoms with Crippen LogP contribution in [0.4, 0.5) is 0 Å². The predicted molar refractivity (Wildman–Crippen MR) is 118 cm³/mol. The molecule has 0 radical (unpaired) electrons. The lowest BCUT2D eigenvalue weighted by molar-refractivity contribution is -0.140. The summed E-state index contributed by atoms with van der Waals surface area (Å²) < 4.78 is 10.2. The van der Waals surface area contributed by atoms with Gasteiger partial charge in [-0.3, -0.25) is 19.2 Å². The third-order valence-corrected chi connectivity index (χ3v) is 4.33. The van der Waals surface area contributed by atoms with Crippen molar-refractivity contribution in [2.75, 3.05) is 19.8 Å². The van der Waals surface area contributed by atoms with Crippen LogP contribution in [0.1, 0.15) is 59.3 Å². The zero-order valence-electron chi connectivity index (χ0n) is 18.7. The molecule has 0 amide bonds. The molecule has 7 heteroatoms. The maximum Gasteiger partial charge on any atom is 0.302 e. The lowest BCUT2D eigenvalue weighted by Crippen LogP contribution is -2.05. The zero-order chi connectivity index (χ0) is 23.5. The van der Waals surface area contributed by atoms with Crippen molar-refractivity contribution in [2.24, 2.45) is 0 Å². The fourth-order valence-corrected chi connectivity index (χ4v) is 2.60. The van der Waals surface area contributed by atoms with E-state index in [2.05, 4.69) is 0 Å². The summed E-state index contributed by atoms with van der Waals surface area (Å²) in [6.45, 7) is 4.94. The van der Waals surface area contributed by atoms with E-state index in [1.54, 1.807) is 0 Å². The Labute approximate surface area is 184 Å². The van der Waals surface area contributed by atoms with Gasteiger partial charge in [0.15, 0.2) is 0 Å². The van der Waals surface area contributed by atoms with Crippen molar-refractivity contribution in [3.8, 4) is 0 Å². The predicted octanol–water partition coefficient (Wildman–Crippen LogP) is 3.57. The van der Waals surface area contributed by atoms with Gasteiger partial charge >= 0.3 is 11.9 Å². The average molecular weight is 435 g/mol. The van der Waals surface area contributed by atoms with Gasteiger partial charge in [0.05, 0.1) is 6.61 Å². The lowest BCUT2D eigenvalue weighted by atomic mass is 10.0. The number of aldehydes is 2. The molecule has 0 spiro atoms. The molecule has 0 aromatic heterocycles. The number of aliphatic hydroxyl groups is 1. The van der Waals surface area contributed by atoms with E-state index < -0.39 is 0 Å². The molecular weight excluding hydrogens is 400 g/mol. The number of carbonyl (C=O) groups is 4. The zero-order valence-corrected chi connectivity index (χ0v) is 18.7. The number of aliphatic hydroxyl groups excluding tert-OH is 1. The summed E-state index contributed by atoms with van der Waals surface area (Å²) >= 11 is 0. The van der Waals surface area contributed by atoms with Gasteiger partial charge in [0.1, 0.15) is 25.8 Å². The van der Waals surface area contributed by atoms with Gasteiger partial charge in [0.2, 0.25) is 0 Å². The third kappa shape index (κ3) is 16.7. The molecule has 0 aliphatic carbocycles. The molecule has 0 aliphatic heterocycles. The van der Waals surface area contributed by atoms with E-state index in [4.69, 9.17) is 14.6 Å². The highest BCUT2D eigenvalue weighted by atomic mass is 16.5. The standard InChI is InChI=1S/C24H34O7/c1-19(15-26)7-4-9-23(17-30-20(2)28)11-6-12-24(18-31-21(3)29)10-5-8-22(16-27)13-14-25/h7,10-11,13-14,16,26H,4-6,8-9,12,15,17-18H2,1-3H3. The van der Waals surface area contributed by atoms with Gasteiger partial charge < -0.3 is 14.6 Å². The van der Waals surface area contributed by atoms with Crippen LogP contribution in [0.25, 0.3) is 0 Å². The summed E-state index contributed by atoms with van der Waals surface area (Å²) in [5.41, 5.74) is 3.18. The van der Waals surface area contributed by atoms with Crippen LogP contribution < -0.4 is 0 Å². The van der Waals surface area contributed by atoms with Crippen molar-refractivity contribution in [2.45, 2.75) is 59.3 Å². The van der Waals surface area contributed by atoms with Crippen LogP contribution >= 0.6 is 0 Å². The summed E-state index contributed by atoms with van der Waals surface area (Å²) in [5.74, 6) is -0.727. The third-order valence-electron chi connectivity index (χ3n) is 4.33. The molecule has 0 aromatic rings. The molecule has 0 atom stereocenters. The molecule has 0 saturated carbocycles. The van der Waals surface area contributed by atoms with Crippen molar-refractivity contribution >= 4 is 24.5 Å². The van der Waals surface area contributed by atoms with E-state index in [9.17, 15) is 19.2 Å². The van der Waals surface area contributed by atoms with Crippen LogP contribution in [0.5, 0.6) is 0 Å². The Hall–Kier alpha value is -2.80. The number of rotatable bonds is 16. The van der Waals surface area contributed by atoms with Crippen molar-refractivity contribution < 1.29 is 33.8 Å². The number of ether oxygens (including phenoxy) is 2. The molecule has 1 N–H and O–H groups in total. The number of carbonyl (C=O) groups excluding carboxylic acids is 4. The minimum Gasteiger partial charge on any atom is -0.461 e. The second-order valence-electron chi connectivity index (χ2n) is 7.11. The molecule has 31 heavy (non-hydrogen) atoms. The fraction of sp³-hybridized carbons (Fsp3) is 0.500. The number of hydrogen-bond donors (Lipinski definition) is 1. The summed E-state index contributed by atoms with van der Waals surface area (Å²) in [6.07, 6.45) is 12.1.